The number of hydrogen-bond donors (Lipinski definition) is 1. The van der Waals surface area contributed by atoms with Crippen LogP contribution in [-0.2, 0) is 4.79 Å². The SMILES string of the molecule is Cc1ccc(-c2ncccc2NC(=O)C2SCCCS2)s1. The average molecular weight is 337 g/mol. The fourth-order valence-corrected chi connectivity index (χ4v) is 5.59. The van der Waals surface area contributed by atoms with E-state index in [1.165, 1.54) is 11.3 Å². The molecular weight excluding hydrogens is 320 g/mol. The molecule has 1 aliphatic heterocycles. The van der Waals surface area contributed by atoms with Gasteiger partial charge in [0.15, 0.2) is 0 Å². The molecule has 3 rings (SSSR count). The van der Waals surface area contributed by atoms with Crippen molar-refractivity contribution in [1.82, 2.24) is 4.98 Å². The summed E-state index contributed by atoms with van der Waals surface area (Å²) in [4.78, 5) is 19.2. The van der Waals surface area contributed by atoms with Crippen molar-refractivity contribution in [2.24, 2.45) is 0 Å². The van der Waals surface area contributed by atoms with Gasteiger partial charge in [0.05, 0.1) is 10.6 Å². The summed E-state index contributed by atoms with van der Waals surface area (Å²) in [7, 11) is 0. The summed E-state index contributed by atoms with van der Waals surface area (Å²) in [6.45, 7) is 2.07. The lowest BCUT2D eigenvalue weighted by Gasteiger charge is -2.20. The van der Waals surface area contributed by atoms with Crippen LogP contribution < -0.4 is 5.32 Å². The van der Waals surface area contributed by atoms with E-state index >= 15 is 0 Å². The number of anilines is 1. The first kappa shape index (κ1) is 14.9. The molecule has 1 saturated heterocycles. The van der Waals surface area contributed by atoms with Crippen molar-refractivity contribution in [1.29, 1.82) is 0 Å². The van der Waals surface area contributed by atoms with Crippen LogP contribution in [0.4, 0.5) is 5.69 Å². The van der Waals surface area contributed by atoms with Crippen LogP contribution in [-0.4, -0.2) is 27.0 Å². The van der Waals surface area contributed by atoms with Crippen LogP contribution in [0.2, 0.25) is 0 Å². The van der Waals surface area contributed by atoms with Gasteiger partial charge in [0.25, 0.3) is 0 Å². The van der Waals surface area contributed by atoms with E-state index in [1.807, 2.05) is 12.1 Å². The lowest BCUT2D eigenvalue weighted by atomic mass is 10.2. The minimum absolute atomic E-state index is 0.00289. The van der Waals surface area contributed by atoms with Gasteiger partial charge in [-0.3, -0.25) is 9.78 Å². The zero-order chi connectivity index (χ0) is 14.7. The molecule has 110 valence electrons. The van der Waals surface area contributed by atoms with Gasteiger partial charge in [-0.05, 0) is 49.1 Å². The maximum absolute atomic E-state index is 12.4. The van der Waals surface area contributed by atoms with Gasteiger partial charge >= 0.3 is 0 Å². The highest BCUT2D eigenvalue weighted by Crippen LogP contribution is 2.34. The molecule has 0 bridgehead atoms. The topological polar surface area (TPSA) is 42.0 Å². The van der Waals surface area contributed by atoms with Crippen LogP contribution >= 0.6 is 34.9 Å². The molecule has 3 heterocycles. The molecule has 3 nitrogen and oxygen atoms in total. The summed E-state index contributed by atoms with van der Waals surface area (Å²) in [6.07, 6.45) is 2.95. The van der Waals surface area contributed by atoms with E-state index < -0.39 is 0 Å². The lowest BCUT2D eigenvalue weighted by molar-refractivity contribution is -0.114. The van der Waals surface area contributed by atoms with Gasteiger partial charge in [-0.1, -0.05) is 0 Å². The Labute approximate surface area is 136 Å². The Morgan fingerprint density at radius 1 is 1.29 bits per heavy atom. The molecule has 0 aromatic carbocycles. The Morgan fingerprint density at radius 2 is 2.10 bits per heavy atom. The van der Waals surface area contributed by atoms with E-state index in [0.29, 0.717) is 0 Å². The van der Waals surface area contributed by atoms with Crippen LogP contribution in [0.5, 0.6) is 0 Å². The Kier molecular flexibility index (Phi) is 4.87. The van der Waals surface area contributed by atoms with Crippen molar-refractivity contribution < 1.29 is 4.79 Å². The number of amides is 1. The fraction of sp³-hybridized carbons (Fsp3) is 0.333. The summed E-state index contributed by atoms with van der Waals surface area (Å²) in [5.41, 5.74) is 1.66. The first-order chi connectivity index (χ1) is 10.2. The van der Waals surface area contributed by atoms with Crippen LogP contribution in [0.1, 0.15) is 11.3 Å². The zero-order valence-corrected chi connectivity index (χ0v) is 14.1. The van der Waals surface area contributed by atoms with E-state index in [2.05, 4.69) is 29.4 Å². The van der Waals surface area contributed by atoms with E-state index in [4.69, 9.17) is 0 Å². The molecule has 2 aromatic heterocycles. The normalized spacial score (nSPS) is 15.9. The fourth-order valence-electron chi connectivity index (χ4n) is 2.10. The van der Waals surface area contributed by atoms with Crippen molar-refractivity contribution in [2.45, 2.75) is 17.9 Å². The lowest BCUT2D eigenvalue weighted by Crippen LogP contribution is -2.25. The van der Waals surface area contributed by atoms with Gasteiger partial charge in [0, 0.05) is 11.1 Å². The maximum atomic E-state index is 12.4. The number of rotatable bonds is 3. The second kappa shape index (κ2) is 6.85. The molecule has 0 atom stereocenters. The van der Waals surface area contributed by atoms with Gasteiger partial charge in [-0.25, -0.2) is 0 Å². The Balaban J connectivity index is 1.80. The number of nitrogens with one attached hydrogen (secondary N) is 1. The number of nitrogens with zero attached hydrogens (tertiary/aromatic N) is 1. The third kappa shape index (κ3) is 3.62. The number of aryl methyl sites for hydroxylation is 1. The highest BCUT2D eigenvalue weighted by atomic mass is 32.2. The molecule has 0 spiro atoms. The quantitative estimate of drug-likeness (QED) is 0.910. The minimum Gasteiger partial charge on any atom is -0.322 e. The summed E-state index contributed by atoms with van der Waals surface area (Å²) >= 11 is 5.15. The van der Waals surface area contributed by atoms with Crippen LogP contribution in [0, 0.1) is 6.92 Å². The van der Waals surface area contributed by atoms with Gasteiger partial charge < -0.3 is 5.32 Å². The highest BCUT2D eigenvalue weighted by molar-refractivity contribution is 8.18. The first-order valence-corrected chi connectivity index (χ1v) is 9.71. The van der Waals surface area contributed by atoms with Gasteiger partial charge in [0.1, 0.15) is 10.3 Å². The summed E-state index contributed by atoms with van der Waals surface area (Å²) in [6, 6.07) is 7.92. The molecule has 0 radical (unpaired) electrons. The monoisotopic (exact) mass is 336 g/mol. The molecule has 1 N–H and O–H groups in total. The average Bonchev–Trinajstić information content (AvgIpc) is 2.95. The number of aromatic nitrogens is 1. The second-order valence-corrected chi connectivity index (χ2v) is 8.74. The van der Waals surface area contributed by atoms with Crippen LogP contribution in [0.3, 0.4) is 0 Å². The molecular formula is C15H16N2OS3. The Morgan fingerprint density at radius 3 is 2.81 bits per heavy atom. The first-order valence-electron chi connectivity index (χ1n) is 6.80. The molecule has 0 saturated carbocycles. The number of thioether (sulfide) groups is 2. The molecule has 2 aromatic rings. The van der Waals surface area contributed by atoms with Gasteiger partial charge in [-0.2, -0.15) is 0 Å². The summed E-state index contributed by atoms with van der Waals surface area (Å²) < 4.78 is -0.00289. The largest absolute Gasteiger partial charge is 0.322 e. The third-order valence-electron chi connectivity index (χ3n) is 3.08. The molecule has 1 fully saturated rings. The summed E-state index contributed by atoms with van der Waals surface area (Å²) in [5, 5.41) is 3.05. The molecule has 0 unspecified atom stereocenters. The van der Waals surface area contributed by atoms with E-state index in [0.717, 1.165) is 27.8 Å². The number of carbonyl (C=O) groups excluding carboxylic acids is 1. The van der Waals surface area contributed by atoms with Crippen LogP contribution in [0.25, 0.3) is 10.6 Å². The highest BCUT2D eigenvalue weighted by Gasteiger charge is 2.23. The zero-order valence-electron chi connectivity index (χ0n) is 11.7. The van der Waals surface area contributed by atoms with Crippen LogP contribution in [0.15, 0.2) is 30.5 Å². The molecule has 6 heteroatoms. The summed E-state index contributed by atoms with van der Waals surface area (Å²) in [5.74, 6) is 2.21. The van der Waals surface area contributed by atoms with Crippen molar-refractivity contribution in [3.63, 3.8) is 0 Å². The van der Waals surface area contributed by atoms with Crippen molar-refractivity contribution in [2.75, 3.05) is 16.8 Å². The molecule has 21 heavy (non-hydrogen) atoms. The third-order valence-corrected chi connectivity index (χ3v) is 6.99. The Bertz CT molecular complexity index is 635. The van der Waals surface area contributed by atoms with Gasteiger partial charge in [0.2, 0.25) is 5.91 Å². The predicted octanol–water partition coefficient (Wildman–Crippen LogP) is 4.25. The predicted molar refractivity (Wildman–Crippen MR) is 94.2 cm³/mol. The smallest absolute Gasteiger partial charge is 0.247 e. The minimum atomic E-state index is -0.00289. The standard InChI is InChI=1S/C15H16N2OS3/c1-10-5-6-12(21-10)13-11(4-2-7-16-13)17-14(18)15-19-8-3-9-20-15/h2,4-7,15H,3,8-9H2,1H3,(H,17,18). The van der Waals surface area contributed by atoms with Crippen molar-refractivity contribution >= 4 is 46.5 Å². The Hall–Kier alpha value is -0.980. The number of hydrogen-bond acceptors (Lipinski definition) is 5. The molecule has 1 amide bonds. The molecule has 1 aliphatic rings. The van der Waals surface area contributed by atoms with Crippen molar-refractivity contribution in [3.05, 3.63) is 35.3 Å². The number of carbonyl (C=O) groups is 1. The van der Waals surface area contributed by atoms with E-state index in [-0.39, 0.29) is 10.5 Å². The second-order valence-electron chi connectivity index (χ2n) is 4.73. The molecule has 0 aliphatic carbocycles. The number of thiophene rings is 1. The van der Waals surface area contributed by atoms with E-state index in [9.17, 15) is 4.79 Å². The van der Waals surface area contributed by atoms with Crippen molar-refractivity contribution in [3.8, 4) is 10.6 Å². The number of pyridine rings is 1. The van der Waals surface area contributed by atoms with E-state index in [1.54, 1.807) is 41.1 Å². The maximum Gasteiger partial charge on any atom is 0.247 e. The van der Waals surface area contributed by atoms with Gasteiger partial charge in [-0.15, -0.1) is 34.9 Å².